The molecule has 8 heteroatoms. The van der Waals surface area contributed by atoms with Crippen molar-refractivity contribution in [3.05, 3.63) is 29.8 Å². The number of halogens is 1. The maximum absolute atomic E-state index is 11.4. The summed E-state index contributed by atoms with van der Waals surface area (Å²) in [4.78, 5) is 21.7. The van der Waals surface area contributed by atoms with Crippen LogP contribution in [0.15, 0.2) is 24.3 Å². The van der Waals surface area contributed by atoms with Crippen LogP contribution in [0.4, 0.5) is 4.79 Å². The molecular weight excluding hydrogens is 260 g/mol. The van der Waals surface area contributed by atoms with Crippen molar-refractivity contribution in [1.29, 1.82) is 0 Å². The van der Waals surface area contributed by atoms with E-state index in [2.05, 4.69) is 5.43 Å². The first kappa shape index (κ1) is 16.0. The molecule has 0 aromatic heterocycles. The van der Waals surface area contributed by atoms with Crippen molar-refractivity contribution in [1.82, 2.24) is 10.9 Å². The number of carbonyl (C=O) groups excluding carboxylic acids is 2. The molecule has 7 nitrogen and oxygen atoms in total. The predicted molar refractivity (Wildman–Crippen MR) is 67.9 cm³/mol. The second-order valence-corrected chi connectivity index (χ2v) is 3.46. The molecule has 7 N–H and O–H groups in total. The number of carbonyl (C=O) groups is 2. The van der Waals surface area contributed by atoms with Crippen molar-refractivity contribution in [2.24, 2.45) is 11.5 Å². The Labute approximate surface area is 110 Å². The summed E-state index contributed by atoms with van der Waals surface area (Å²) >= 11 is 0. The van der Waals surface area contributed by atoms with Gasteiger partial charge >= 0.3 is 6.03 Å². The number of nitrogens with two attached hydrogens (primary N) is 2. The minimum absolute atomic E-state index is 0. The fraction of sp³-hybridized carbons (Fsp3) is 0.200. The Morgan fingerprint density at radius 3 is 2.28 bits per heavy atom. The highest BCUT2D eigenvalue weighted by atomic mass is 35.5. The smallest absolute Gasteiger partial charge is 0.330 e. The number of rotatable bonds is 3. The molecule has 0 aliphatic heterocycles. The van der Waals surface area contributed by atoms with Crippen LogP contribution >= 0.6 is 12.4 Å². The minimum Gasteiger partial charge on any atom is -0.508 e. The van der Waals surface area contributed by atoms with E-state index in [1.54, 1.807) is 12.1 Å². The maximum atomic E-state index is 11.4. The minimum atomic E-state index is -0.866. The van der Waals surface area contributed by atoms with Gasteiger partial charge in [-0.05, 0) is 24.1 Å². The number of hydrogen-bond donors (Lipinski definition) is 5. The van der Waals surface area contributed by atoms with Crippen LogP contribution in [0.5, 0.6) is 5.75 Å². The van der Waals surface area contributed by atoms with E-state index in [0.29, 0.717) is 0 Å². The van der Waals surface area contributed by atoms with Crippen LogP contribution in [0.2, 0.25) is 0 Å². The Hall–Kier alpha value is -1.99. The Bertz CT molecular complexity index is 410. The van der Waals surface area contributed by atoms with Gasteiger partial charge in [-0.3, -0.25) is 10.2 Å². The SMILES string of the molecule is Cl.NC(=O)NNC(=O)[C@@H](N)Cc1ccc(O)cc1. The second-order valence-electron chi connectivity index (χ2n) is 3.46. The van der Waals surface area contributed by atoms with Crippen molar-refractivity contribution in [3.63, 3.8) is 0 Å². The monoisotopic (exact) mass is 274 g/mol. The molecule has 1 aromatic rings. The van der Waals surface area contributed by atoms with Crippen molar-refractivity contribution in [2.45, 2.75) is 12.5 Å². The molecule has 100 valence electrons. The van der Waals surface area contributed by atoms with Gasteiger partial charge in [0.15, 0.2) is 0 Å². The fourth-order valence-electron chi connectivity index (χ4n) is 1.19. The zero-order valence-corrected chi connectivity index (χ0v) is 10.2. The second kappa shape index (κ2) is 7.36. The average molecular weight is 275 g/mol. The van der Waals surface area contributed by atoms with E-state index in [4.69, 9.17) is 16.6 Å². The zero-order chi connectivity index (χ0) is 12.8. The van der Waals surface area contributed by atoms with Crippen LogP contribution in [-0.2, 0) is 11.2 Å². The molecule has 18 heavy (non-hydrogen) atoms. The van der Waals surface area contributed by atoms with Crippen LogP contribution in [-0.4, -0.2) is 23.1 Å². The summed E-state index contributed by atoms with van der Waals surface area (Å²) in [7, 11) is 0. The lowest BCUT2D eigenvalue weighted by Crippen LogP contribution is -2.51. The van der Waals surface area contributed by atoms with E-state index < -0.39 is 18.0 Å². The lowest BCUT2D eigenvalue weighted by Gasteiger charge is -2.12. The van der Waals surface area contributed by atoms with Crippen LogP contribution in [0, 0.1) is 0 Å². The fourth-order valence-corrected chi connectivity index (χ4v) is 1.19. The molecular formula is C10H15ClN4O3. The Balaban J connectivity index is 0.00000289. The molecule has 1 rings (SSSR count). The van der Waals surface area contributed by atoms with Gasteiger partial charge in [-0.15, -0.1) is 12.4 Å². The van der Waals surface area contributed by atoms with E-state index in [-0.39, 0.29) is 24.6 Å². The Morgan fingerprint density at radius 1 is 1.22 bits per heavy atom. The molecule has 0 bridgehead atoms. The van der Waals surface area contributed by atoms with Gasteiger partial charge in [0.2, 0.25) is 0 Å². The lowest BCUT2D eigenvalue weighted by atomic mass is 10.1. The molecule has 0 unspecified atom stereocenters. The van der Waals surface area contributed by atoms with Crippen molar-refractivity contribution in [2.75, 3.05) is 0 Å². The van der Waals surface area contributed by atoms with Crippen LogP contribution in [0.3, 0.4) is 0 Å². The van der Waals surface area contributed by atoms with E-state index in [9.17, 15) is 9.59 Å². The molecule has 0 aliphatic rings. The van der Waals surface area contributed by atoms with Gasteiger partial charge in [-0.25, -0.2) is 10.2 Å². The molecule has 0 fully saturated rings. The third kappa shape index (κ3) is 5.37. The molecule has 1 aromatic carbocycles. The topological polar surface area (TPSA) is 130 Å². The van der Waals surface area contributed by atoms with Gasteiger partial charge in [0, 0.05) is 0 Å². The van der Waals surface area contributed by atoms with Gasteiger partial charge in [-0.2, -0.15) is 0 Å². The van der Waals surface area contributed by atoms with E-state index in [1.165, 1.54) is 12.1 Å². The first-order chi connectivity index (χ1) is 7.99. The molecule has 0 spiro atoms. The molecule has 3 amide bonds. The van der Waals surface area contributed by atoms with Gasteiger partial charge < -0.3 is 16.6 Å². The molecule has 0 radical (unpaired) electrons. The first-order valence-corrected chi connectivity index (χ1v) is 4.88. The molecule has 0 saturated heterocycles. The van der Waals surface area contributed by atoms with Crippen molar-refractivity contribution >= 4 is 24.3 Å². The first-order valence-electron chi connectivity index (χ1n) is 4.88. The molecule has 0 saturated carbocycles. The highest BCUT2D eigenvalue weighted by molar-refractivity contribution is 5.85. The number of nitrogens with one attached hydrogen (secondary N) is 2. The van der Waals surface area contributed by atoms with Gasteiger partial charge in [0.05, 0.1) is 6.04 Å². The van der Waals surface area contributed by atoms with Gasteiger partial charge in [0.25, 0.3) is 5.91 Å². The number of hydrazine groups is 1. The summed E-state index contributed by atoms with van der Waals surface area (Å²) in [5.41, 5.74) is 15.2. The summed E-state index contributed by atoms with van der Waals surface area (Å²) in [5, 5.41) is 9.07. The number of phenolic OH excluding ortho intramolecular Hbond substituents is 1. The zero-order valence-electron chi connectivity index (χ0n) is 9.42. The highest BCUT2D eigenvalue weighted by Gasteiger charge is 2.14. The maximum Gasteiger partial charge on any atom is 0.330 e. The normalized spacial score (nSPS) is 10.9. The van der Waals surface area contributed by atoms with Gasteiger partial charge in [-0.1, -0.05) is 12.1 Å². The van der Waals surface area contributed by atoms with E-state index in [1.807, 2.05) is 5.43 Å². The average Bonchev–Trinajstić information content (AvgIpc) is 2.28. The van der Waals surface area contributed by atoms with Crippen LogP contribution < -0.4 is 22.3 Å². The number of phenols is 1. The summed E-state index contributed by atoms with van der Waals surface area (Å²) in [6.07, 6.45) is 0.284. The van der Waals surface area contributed by atoms with E-state index >= 15 is 0 Å². The number of primary amides is 1. The third-order valence-corrected chi connectivity index (χ3v) is 2.04. The largest absolute Gasteiger partial charge is 0.508 e. The highest BCUT2D eigenvalue weighted by Crippen LogP contribution is 2.10. The number of benzene rings is 1. The van der Waals surface area contributed by atoms with Gasteiger partial charge in [0.1, 0.15) is 5.75 Å². The summed E-state index contributed by atoms with van der Waals surface area (Å²) < 4.78 is 0. The Morgan fingerprint density at radius 2 is 1.78 bits per heavy atom. The number of amides is 3. The summed E-state index contributed by atoms with van der Waals surface area (Å²) in [5.74, 6) is -0.404. The van der Waals surface area contributed by atoms with E-state index in [0.717, 1.165) is 5.56 Å². The lowest BCUT2D eigenvalue weighted by molar-refractivity contribution is -0.123. The van der Waals surface area contributed by atoms with Crippen LogP contribution in [0.25, 0.3) is 0 Å². The summed E-state index contributed by atoms with van der Waals surface area (Å²) in [6, 6.07) is 4.64. The summed E-state index contributed by atoms with van der Waals surface area (Å²) in [6.45, 7) is 0. The number of hydrogen-bond acceptors (Lipinski definition) is 4. The standard InChI is InChI=1S/C10H14N4O3.ClH/c11-8(9(16)13-14-10(12)17)5-6-1-3-7(15)4-2-6;/h1-4,8,15H,5,11H2,(H,13,16)(H3,12,14,17);1H/t8-;/m0./s1. The Kier molecular flexibility index (Phi) is 6.54. The number of urea groups is 1. The predicted octanol–water partition coefficient (Wildman–Crippen LogP) is -0.617. The van der Waals surface area contributed by atoms with Crippen molar-refractivity contribution in [3.8, 4) is 5.75 Å². The molecule has 1 atom stereocenters. The van der Waals surface area contributed by atoms with Crippen molar-refractivity contribution < 1.29 is 14.7 Å². The molecule has 0 aliphatic carbocycles. The quantitative estimate of drug-likeness (QED) is 0.470. The van der Waals surface area contributed by atoms with Crippen LogP contribution in [0.1, 0.15) is 5.56 Å². The number of aromatic hydroxyl groups is 1. The third-order valence-electron chi connectivity index (χ3n) is 2.04. The molecule has 0 heterocycles.